The van der Waals surface area contributed by atoms with Gasteiger partial charge in [0, 0.05) is 31.2 Å². The minimum atomic E-state index is 0.462. The molecule has 0 amide bonds. The van der Waals surface area contributed by atoms with E-state index in [1.807, 2.05) is 24.3 Å². The molecule has 3 unspecified atom stereocenters. The Balaban J connectivity index is 1.18. The number of hydrazine groups is 1. The summed E-state index contributed by atoms with van der Waals surface area (Å²) < 4.78 is 11.2. The molecule has 5 nitrogen and oxygen atoms in total. The lowest BCUT2D eigenvalue weighted by molar-refractivity contribution is 0.287. The summed E-state index contributed by atoms with van der Waals surface area (Å²) in [7, 11) is 1.68. The van der Waals surface area contributed by atoms with Gasteiger partial charge < -0.3 is 9.47 Å². The highest BCUT2D eigenvalue weighted by molar-refractivity contribution is 5.52. The number of nitrogens with one attached hydrogen (secondary N) is 2. The Morgan fingerprint density at radius 1 is 1.10 bits per heavy atom. The molecule has 0 bridgehead atoms. The number of benzene rings is 2. The van der Waals surface area contributed by atoms with Crippen molar-refractivity contribution in [3.05, 3.63) is 65.7 Å². The van der Waals surface area contributed by atoms with E-state index in [1.165, 1.54) is 37.1 Å². The van der Waals surface area contributed by atoms with Crippen LogP contribution in [0.3, 0.4) is 0 Å². The summed E-state index contributed by atoms with van der Waals surface area (Å²) in [6.45, 7) is 6.37. The standard InChI is InChI=1S/C26H35N3O2/c1-20(15-21-7-4-3-5-8-21)18-29-13-11-22(19-29)26-16-23(27-28-26)12-14-31-25-10-6-9-24(17-25)30-2/h3-10,15,17,22-23,26-28H,11-14,16,18-19H2,1-2H3/b20-15+. The van der Waals surface area contributed by atoms with E-state index in [9.17, 15) is 0 Å². The van der Waals surface area contributed by atoms with Crippen molar-refractivity contribution < 1.29 is 9.47 Å². The predicted octanol–water partition coefficient (Wildman–Crippen LogP) is 4.12. The van der Waals surface area contributed by atoms with Crippen LogP contribution in [0.15, 0.2) is 60.2 Å². The van der Waals surface area contributed by atoms with Gasteiger partial charge in [-0.2, -0.15) is 0 Å². The third-order valence-electron chi connectivity index (χ3n) is 6.35. The van der Waals surface area contributed by atoms with Crippen LogP contribution in [0.1, 0.15) is 31.7 Å². The maximum atomic E-state index is 5.92. The van der Waals surface area contributed by atoms with Crippen molar-refractivity contribution in [1.82, 2.24) is 15.8 Å². The van der Waals surface area contributed by atoms with Crippen molar-refractivity contribution in [1.29, 1.82) is 0 Å². The Hall–Kier alpha value is -2.34. The molecule has 5 heteroatoms. The largest absolute Gasteiger partial charge is 0.497 e. The van der Waals surface area contributed by atoms with Gasteiger partial charge in [-0.3, -0.25) is 15.8 Å². The normalized spacial score (nSPS) is 24.5. The second kappa shape index (κ2) is 10.8. The molecule has 0 aromatic heterocycles. The summed E-state index contributed by atoms with van der Waals surface area (Å²) in [5, 5.41) is 0. The maximum absolute atomic E-state index is 5.92. The van der Waals surface area contributed by atoms with E-state index in [0.29, 0.717) is 24.6 Å². The highest BCUT2D eigenvalue weighted by atomic mass is 16.5. The van der Waals surface area contributed by atoms with Crippen LogP contribution in [0.5, 0.6) is 11.5 Å². The second-order valence-corrected chi connectivity index (χ2v) is 8.83. The van der Waals surface area contributed by atoms with Crippen LogP contribution in [-0.2, 0) is 0 Å². The van der Waals surface area contributed by atoms with Gasteiger partial charge in [0.2, 0.25) is 0 Å². The molecule has 2 aliphatic heterocycles. The molecule has 2 aliphatic rings. The molecule has 4 rings (SSSR count). The molecule has 2 fully saturated rings. The number of nitrogens with zero attached hydrogens (tertiary/aromatic N) is 1. The first kappa shape index (κ1) is 21.9. The molecular weight excluding hydrogens is 386 g/mol. The smallest absolute Gasteiger partial charge is 0.122 e. The van der Waals surface area contributed by atoms with Crippen LogP contribution in [0.2, 0.25) is 0 Å². The molecule has 2 N–H and O–H groups in total. The summed E-state index contributed by atoms with van der Waals surface area (Å²) in [6, 6.07) is 19.4. The number of methoxy groups -OCH3 is 1. The quantitative estimate of drug-likeness (QED) is 0.638. The monoisotopic (exact) mass is 421 g/mol. The van der Waals surface area contributed by atoms with E-state index in [-0.39, 0.29) is 0 Å². The van der Waals surface area contributed by atoms with Crippen molar-refractivity contribution in [3.63, 3.8) is 0 Å². The lowest BCUT2D eigenvalue weighted by Gasteiger charge is -2.20. The highest BCUT2D eigenvalue weighted by Crippen LogP contribution is 2.26. The molecule has 166 valence electrons. The second-order valence-electron chi connectivity index (χ2n) is 8.83. The van der Waals surface area contributed by atoms with Gasteiger partial charge in [0.25, 0.3) is 0 Å². The zero-order valence-corrected chi connectivity index (χ0v) is 18.7. The van der Waals surface area contributed by atoms with Gasteiger partial charge in [-0.05, 0) is 56.3 Å². The Morgan fingerprint density at radius 3 is 2.77 bits per heavy atom. The molecule has 3 atom stereocenters. The summed E-state index contributed by atoms with van der Waals surface area (Å²) in [5.74, 6) is 2.41. The van der Waals surface area contributed by atoms with Gasteiger partial charge in [0.05, 0.1) is 13.7 Å². The van der Waals surface area contributed by atoms with Crippen LogP contribution in [0, 0.1) is 5.92 Å². The number of hydrogen-bond donors (Lipinski definition) is 2. The van der Waals surface area contributed by atoms with Crippen LogP contribution in [-0.4, -0.2) is 50.3 Å². The third-order valence-corrected chi connectivity index (χ3v) is 6.35. The predicted molar refractivity (Wildman–Crippen MR) is 126 cm³/mol. The van der Waals surface area contributed by atoms with Crippen molar-refractivity contribution in [2.75, 3.05) is 33.4 Å². The van der Waals surface area contributed by atoms with Gasteiger partial charge in [0.15, 0.2) is 0 Å². The first-order chi connectivity index (χ1) is 15.2. The fourth-order valence-electron chi connectivity index (χ4n) is 4.73. The number of hydrogen-bond acceptors (Lipinski definition) is 5. The Bertz CT molecular complexity index is 855. The summed E-state index contributed by atoms with van der Waals surface area (Å²) in [5.41, 5.74) is 9.77. The molecule has 31 heavy (non-hydrogen) atoms. The zero-order valence-electron chi connectivity index (χ0n) is 18.7. The molecular formula is C26H35N3O2. The summed E-state index contributed by atoms with van der Waals surface area (Å²) in [6.07, 6.45) is 5.74. The molecule has 2 aromatic carbocycles. The minimum Gasteiger partial charge on any atom is -0.497 e. The van der Waals surface area contributed by atoms with E-state index < -0.39 is 0 Å². The van der Waals surface area contributed by atoms with Gasteiger partial charge in [-0.15, -0.1) is 0 Å². The number of ether oxygens (including phenoxy) is 2. The topological polar surface area (TPSA) is 45.8 Å². The Morgan fingerprint density at radius 2 is 1.94 bits per heavy atom. The maximum Gasteiger partial charge on any atom is 0.122 e. The Labute approximate surface area is 186 Å². The van der Waals surface area contributed by atoms with Crippen molar-refractivity contribution in [2.24, 2.45) is 5.92 Å². The fraction of sp³-hybridized carbons (Fsp3) is 0.462. The number of likely N-dealkylation sites (tertiary alicyclic amines) is 1. The first-order valence-electron chi connectivity index (χ1n) is 11.4. The lowest BCUT2D eigenvalue weighted by atomic mass is 9.94. The number of rotatable bonds is 9. The van der Waals surface area contributed by atoms with Crippen molar-refractivity contribution in [3.8, 4) is 11.5 Å². The van der Waals surface area contributed by atoms with Gasteiger partial charge >= 0.3 is 0 Å². The first-order valence-corrected chi connectivity index (χ1v) is 11.4. The molecule has 2 heterocycles. The fourth-order valence-corrected chi connectivity index (χ4v) is 4.73. The summed E-state index contributed by atoms with van der Waals surface area (Å²) in [4.78, 5) is 2.60. The third kappa shape index (κ3) is 6.33. The average molecular weight is 422 g/mol. The summed E-state index contributed by atoms with van der Waals surface area (Å²) >= 11 is 0. The van der Waals surface area contributed by atoms with E-state index >= 15 is 0 Å². The molecule has 0 saturated carbocycles. The SMILES string of the molecule is COc1cccc(OCCC2CC(C3CCN(C/C(C)=C/c4ccccc4)C3)NN2)c1. The Kier molecular flexibility index (Phi) is 7.62. The lowest BCUT2D eigenvalue weighted by Crippen LogP contribution is -2.38. The van der Waals surface area contributed by atoms with Gasteiger partial charge in [0.1, 0.15) is 11.5 Å². The van der Waals surface area contributed by atoms with Crippen molar-refractivity contribution in [2.45, 2.75) is 38.3 Å². The van der Waals surface area contributed by atoms with E-state index in [4.69, 9.17) is 9.47 Å². The van der Waals surface area contributed by atoms with Crippen LogP contribution >= 0.6 is 0 Å². The van der Waals surface area contributed by atoms with E-state index in [2.05, 4.69) is 59.1 Å². The molecule has 0 spiro atoms. The average Bonchev–Trinajstić information content (AvgIpc) is 3.44. The van der Waals surface area contributed by atoms with Crippen LogP contribution in [0.25, 0.3) is 6.08 Å². The molecule has 0 aliphatic carbocycles. The van der Waals surface area contributed by atoms with Crippen LogP contribution in [0.4, 0.5) is 0 Å². The van der Waals surface area contributed by atoms with E-state index in [0.717, 1.165) is 24.5 Å². The van der Waals surface area contributed by atoms with Gasteiger partial charge in [-0.1, -0.05) is 48.0 Å². The van der Waals surface area contributed by atoms with E-state index in [1.54, 1.807) is 7.11 Å². The van der Waals surface area contributed by atoms with Gasteiger partial charge in [-0.25, -0.2) is 0 Å². The molecule has 2 saturated heterocycles. The van der Waals surface area contributed by atoms with Crippen LogP contribution < -0.4 is 20.3 Å². The highest BCUT2D eigenvalue weighted by Gasteiger charge is 2.34. The zero-order chi connectivity index (χ0) is 21.5. The van der Waals surface area contributed by atoms with Crippen molar-refractivity contribution >= 4 is 6.08 Å². The molecule has 2 aromatic rings. The molecule has 0 radical (unpaired) electrons. The minimum absolute atomic E-state index is 0.462.